The van der Waals surface area contributed by atoms with E-state index in [4.69, 9.17) is 9.47 Å². The molecule has 1 aliphatic rings. The van der Waals surface area contributed by atoms with E-state index in [1.165, 1.54) is 70.6 Å². The van der Waals surface area contributed by atoms with Crippen LogP contribution in [0.3, 0.4) is 0 Å². The second-order valence-corrected chi connectivity index (χ2v) is 9.37. The minimum absolute atomic E-state index is 0.235. The van der Waals surface area contributed by atoms with Gasteiger partial charge >= 0.3 is 5.97 Å². The average Bonchev–Trinajstić information content (AvgIpc) is 2.80. The molecule has 0 amide bonds. The van der Waals surface area contributed by atoms with Gasteiger partial charge in [0.15, 0.2) is 0 Å². The van der Waals surface area contributed by atoms with Crippen LogP contribution in [0.4, 0.5) is 0 Å². The zero-order valence-electron chi connectivity index (χ0n) is 20.2. The van der Waals surface area contributed by atoms with Gasteiger partial charge in [0.2, 0.25) is 0 Å². The first-order valence-electron chi connectivity index (χ1n) is 13.1. The molecule has 2 unspecified atom stereocenters. The molecule has 0 spiro atoms. The van der Waals surface area contributed by atoms with Crippen LogP contribution in [0.5, 0.6) is 5.75 Å². The van der Waals surface area contributed by atoms with Crippen molar-refractivity contribution in [3.63, 3.8) is 0 Å². The van der Waals surface area contributed by atoms with Crippen molar-refractivity contribution in [1.29, 1.82) is 0 Å². The number of carbonyl (C=O) groups is 1. The molecule has 0 bridgehead atoms. The first kappa shape index (κ1) is 25.7. The minimum Gasteiger partial charge on any atom is -0.494 e. The van der Waals surface area contributed by atoms with Crippen molar-refractivity contribution < 1.29 is 14.3 Å². The van der Waals surface area contributed by atoms with Crippen molar-refractivity contribution in [3.05, 3.63) is 29.8 Å². The van der Waals surface area contributed by atoms with Crippen LogP contribution in [0.2, 0.25) is 0 Å². The number of ether oxygens (including phenoxy) is 2. The predicted octanol–water partition coefficient (Wildman–Crippen LogP) is 8.36. The lowest BCUT2D eigenvalue weighted by atomic mass is 9.74. The molecule has 0 N–H and O–H groups in total. The van der Waals surface area contributed by atoms with E-state index in [0.29, 0.717) is 12.2 Å². The molecule has 0 aromatic heterocycles. The number of rotatable bonds is 16. The first-order valence-corrected chi connectivity index (χ1v) is 13.1. The highest BCUT2D eigenvalue weighted by Crippen LogP contribution is 2.36. The van der Waals surface area contributed by atoms with Gasteiger partial charge in [-0.05, 0) is 55.4 Å². The van der Waals surface area contributed by atoms with Crippen molar-refractivity contribution in [2.75, 3.05) is 13.2 Å². The molecule has 2 atom stereocenters. The zero-order chi connectivity index (χ0) is 22.2. The van der Waals surface area contributed by atoms with Gasteiger partial charge in [0, 0.05) is 0 Å². The minimum atomic E-state index is -0.235. The van der Waals surface area contributed by atoms with E-state index < -0.39 is 0 Å². The van der Waals surface area contributed by atoms with Crippen molar-refractivity contribution >= 4 is 5.97 Å². The molecule has 0 heterocycles. The molecular weight excluding hydrogens is 384 g/mol. The SMILES string of the molecule is CCCCCCCC1CCCCC1CCCOc1ccc(C(=O)OCCCCC)cc1. The molecule has 1 aromatic carbocycles. The van der Waals surface area contributed by atoms with E-state index >= 15 is 0 Å². The maximum Gasteiger partial charge on any atom is 0.338 e. The quantitative estimate of drug-likeness (QED) is 0.195. The molecule has 1 aromatic rings. The molecule has 0 saturated heterocycles. The second-order valence-electron chi connectivity index (χ2n) is 9.37. The van der Waals surface area contributed by atoms with E-state index in [1.807, 2.05) is 24.3 Å². The summed E-state index contributed by atoms with van der Waals surface area (Å²) in [4.78, 5) is 12.0. The third kappa shape index (κ3) is 10.6. The van der Waals surface area contributed by atoms with Gasteiger partial charge in [0.25, 0.3) is 0 Å². The Morgan fingerprint density at radius 2 is 1.39 bits per heavy atom. The number of carbonyl (C=O) groups excluding carboxylic acids is 1. The van der Waals surface area contributed by atoms with E-state index in [2.05, 4.69) is 13.8 Å². The van der Waals surface area contributed by atoms with Gasteiger partial charge < -0.3 is 9.47 Å². The highest BCUT2D eigenvalue weighted by molar-refractivity contribution is 5.89. The van der Waals surface area contributed by atoms with Crippen LogP contribution < -0.4 is 4.74 Å². The van der Waals surface area contributed by atoms with Crippen molar-refractivity contribution in [2.45, 2.75) is 110 Å². The Labute approximate surface area is 191 Å². The maximum atomic E-state index is 12.0. The molecule has 1 aliphatic carbocycles. The molecule has 0 radical (unpaired) electrons. The molecule has 176 valence electrons. The fourth-order valence-electron chi connectivity index (χ4n) is 4.88. The summed E-state index contributed by atoms with van der Waals surface area (Å²) in [5, 5.41) is 0. The summed E-state index contributed by atoms with van der Waals surface area (Å²) in [5.74, 6) is 2.45. The standard InChI is InChI=1S/C28H46O3/c1-3-5-7-8-9-14-24-15-10-11-16-25(24)17-13-23-30-27-20-18-26(19-21-27)28(29)31-22-12-6-4-2/h18-21,24-25H,3-17,22-23H2,1-2H3. The third-order valence-electron chi connectivity index (χ3n) is 6.80. The summed E-state index contributed by atoms with van der Waals surface area (Å²) < 4.78 is 11.3. The van der Waals surface area contributed by atoms with Crippen LogP contribution in [0.1, 0.15) is 121 Å². The number of hydrogen-bond donors (Lipinski definition) is 0. The van der Waals surface area contributed by atoms with Gasteiger partial charge in [-0.25, -0.2) is 4.79 Å². The Morgan fingerprint density at radius 3 is 2.06 bits per heavy atom. The maximum absolute atomic E-state index is 12.0. The molecular formula is C28H46O3. The van der Waals surface area contributed by atoms with Crippen molar-refractivity contribution in [2.24, 2.45) is 11.8 Å². The Kier molecular flexibility index (Phi) is 13.4. The predicted molar refractivity (Wildman–Crippen MR) is 130 cm³/mol. The fraction of sp³-hybridized carbons (Fsp3) is 0.750. The average molecular weight is 431 g/mol. The molecule has 2 rings (SSSR count). The van der Waals surface area contributed by atoms with Crippen LogP contribution in [0, 0.1) is 11.8 Å². The van der Waals surface area contributed by atoms with Gasteiger partial charge in [0.05, 0.1) is 18.8 Å². The molecule has 1 saturated carbocycles. The van der Waals surface area contributed by atoms with Gasteiger partial charge in [-0.3, -0.25) is 0 Å². The highest BCUT2D eigenvalue weighted by Gasteiger charge is 2.24. The summed E-state index contributed by atoms with van der Waals surface area (Å²) in [6.45, 7) is 5.70. The van der Waals surface area contributed by atoms with Crippen LogP contribution in [-0.2, 0) is 4.74 Å². The zero-order valence-corrected chi connectivity index (χ0v) is 20.2. The van der Waals surface area contributed by atoms with Crippen LogP contribution in [0.25, 0.3) is 0 Å². The topological polar surface area (TPSA) is 35.5 Å². The smallest absolute Gasteiger partial charge is 0.338 e. The largest absolute Gasteiger partial charge is 0.494 e. The molecule has 1 fully saturated rings. The summed E-state index contributed by atoms with van der Waals surface area (Å²) >= 11 is 0. The number of benzene rings is 1. The Bertz CT molecular complexity index is 580. The fourth-order valence-corrected chi connectivity index (χ4v) is 4.88. The number of unbranched alkanes of at least 4 members (excludes halogenated alkanes) is 6. The molecule has 31 heavy (non-hydrogen) atoms. The lowest BCUT2D eigenvalue weighted by Crippen LogP contribution is -2.20. The summed E-state index contributed by atoms with van der Waals surface area (Å²) in [6.07, 6.45) is 19.7. The highest BCUT2D eigenvalue weighted by atomic mass is 16.5. The lowest BCUT2D eigenvalue weighted by molar-refractivity contribution is 0.0498. The molecule has 3 heteroatoms. The van der Waals surface area contributed by atoms with Crippen molar-refractivity contribution in [3.8, 4) is 5.75 Å². The second kappa shape index (κ2) is 16.2. The normalized spacial score (nSPS) is 18.6. The van der Waals surface area contributed by atoms with Crippen LogP contribution >= 0.6 is 0 Å². The number of hydrogen-bond acceptors (Lipinski definition) is 3. The Morgan fingerprint density at radius 1 is 0.774 bits per heavy atom. The van der Waals surface area contributed by atoms with E-state index in [1.54, 1.807) is 0 Å². The molecule has 3 nitrogen and oxygen atoms in total. The van der Waals surface area contributed by atoms with E-state index in [0.717, 1.165) is 49.9 Å². The van der Waals surface area contributed by atoms with E-state index in [9.17, 15) is 4.79 Å². The summed E-state index contributed by atoms with van der Waals surface area (Å²) in [5.41, 5.74) is 0.604. The van der Waals surface area contributed by atoms with Gasteiger partial charge in [-0.15, -0.1) is 0 Å². The molecule has 0 aliphatic heterocycles. The van der Waals surface area contributed by atoms with Crippen LogP contribution in [-0.4, -0.2) is 19.2 Å². The van der Waals surface area contributed by atoms with Gasteiger partial charge in [-0.2, -0.15) is 0 Å². The number of esters is 1. The summed E-state index contributed by atoms with van der Waals surface area (Å²) in [7, 11) is 0. The lowest BCUT2D eigenvalue weighted by Gasteiger charge is -2.31. The summed E-state index contributed by atoms with van der Waals surface area (Å²) in [6, 6.07) is 7.41. The van der Waals surface area contributed by atoms with Crippen molar-refractivity contribution in [1.82, 2.24) is 0 Å². The third-order valence-corrected chi connectivity index (χ3v) is 6.80. The Hall–Kier alpha value is -1.51. The van der Waals surface area contributed by atoms with E-state index in [-0.39, 0.29) is 5.97 Å². The van der Waals surface area contributed by atoms with Crippen LogP contribution in [0.15, 0.2) is 24.3 Å². The Balaban J connectivity index is 1.63. The van der Waals surface area contributed by atoms with Gasteiger partial charge in [0.1, 0.15) is 5.75 Å². The monoisotopic (exact) mass is 430 g/mol. The first-order chi connectivity index (χ1) is 15.2. The van der Waals surface area contributed by atoms with Gasteiger partial charge in [-0.1, -0.05) is 90.9 Å².